The lowest BCUT2D eigenvalue weighted by atomic mass is 10.0. The first-order chi connectivity index (χ1) is 17.8. The Bertz CT molecular complexity index is 1380. The van der Waals surface area contributed by atoms with Crippen molar-refractivity contribution in [2.45, 2.75) is 31.5 Å². The highest BCUT2D eigenvalue weighted by Gasteiger charge is 2.47. The molecule has 0 spiro atoms. The number of allylic oxidation sites excluding steroid dienone is 1. The number of alkyl halides is 3. The number of nitrogens with zero attached hydrogens (tertiary/aromatic N) is 5. The molecule has 1 fully saturated rings. The van der Waals surface area contributed by atoms with Gasteiger partial charge in [0.05, 0.1) is 30.1 Å². The molecule has 1 aromatic carbocycles. The summed E-state index contributed by atoms with van der Waals surface area (Å²) in [5.74, 6) is -0.749. The third-order valence-electron chi connectivity index (χ3n) is 7.36. The maximum absolute atomic E-state index is 14.2. The lowest BCUT2D eigenvalue weighted by Gasteiger charge is -2.37. The van der Waals surface area contributed by atoms with E-state index in [0.717, 1.165) is 53.3 Å². The predicted molar refractivity (Wildman–Crippen MR) is 138 cm³/mol. The van der Waals surface area contributed by atoms with Crippen molar-refractivity contribution in [2.75, 3.05) is 49.7 Å². The molecule has 2 aromatic rings. The molecule has 1 aromatic heterocycles. The first-order valence-corrected chi connectivity index (χ1v) is 14.4. The van der Waals surface area contributed by atoms with Crippen LogP contribution in [0.2, 0.25) is 5.15 Å². The van der Waals surface area contributed by atoms with Crippen LogP contribution in [0, 0.1) is 5.92 Å². The Hall–Kier alpha value is -2.77. The molecule has 3 aliphatic heterocycles. The molecule has 1 saturated heterocycles. The van der Waals surface area contributed by atoms with E-state index >= 15 is 0 Å². The number of fused-ring (bicyclic) bond motifs is 2. The van der Waals surface area contributed by atoms with E-state index < -0.39 is 34.1 Å². The molecular formula is C24H28ClF3N6O3S. The van der Waals surface area contributed by atoms with Crippen molar-refractivity contribution in [1.29, 1.82) is 0 Å². The summed E-state index contributed by atoms with van der Waals surface area (Å²) in [5, 5.41) is 8.01. The molecule has 38 heavy (non-hydrogen) atoms. The minimum Gasteiger partial charge on any atom is -0.364 e. The van der Waals surface area contributed by atoms with Gasteiger partial charge in [-0.2, -0.15) is 18.3 Å². The van der Waals surface area contributed by atoms with Crippen LogP contribution in [-0.4, -0.2) is 79.0 Å². The quantitative estimate of drug-likeness (QED) is 0.587. The molecule has 1 amide bonds. The molecule has 4 heterocycles. The van der Waals surface area contributed by atoms with Gasteiger partial charge in [-0.15, -0.1) is 0 Å². The smallest absolute Gasteiger partial charge is 0.364 e. The molecule has 5 rings (SSSR count). The van der Waals surface area contributed by atoms with Crippen LogP contribution < -0.4 is 10.2 Å². The van der Waals surface area contributed by atoms with E-state index in [1.807, 2.05) is 0 Å². The second-order valence-corrected chi connectivity index (χ2v) is 12.2. The van der Waals surface area contributed by atoms with Gasteiger partial charge < -0.3 is 15.1 Å². The first-order valence-electron chi connectivity index (χ1n) is 12.2. The third kappa shape index (κ3) is 4.98. The number of sulfonamides is 1. The Morgan fingerprint density at radius 2 is 1.92 bits per heavy atom. The highest BCUT2D eigenvalue weighted by molar-refractivity contribution is 7.88. The van der Waals surface area contributed by atoms with E-state index in [1.54, 1.807) is 22.9 Å². The van der Waals surface area contributed by atoms with E-state index in [0.29, 0.717) is 23.1 Å². The SMILES string of the molecule is CN(C(=O)[C@@H]1CCN(S(C)(=O)=O)C1)[C@@H](c1ccc(N2CCCC3=C2CNc2cc(Cl)nn23)cc1)C(F)(F)F. The van der Waals surface area contributed by atoms with Crippen molar-refractivity contribution in [1.82, 2.24) is 19.0 Å². The predicted octanol–water partition coefficient (Wildman–Crippen LogP) is 3.77. The van der Waals surface area contributed by atoms with E-state index in [4.69, 9.17) is 11.6 Å². The van der Waals surface area contributed by atoms with Gasteiger partial charge in [-0.25, -0.2) is 17.4 Å². The number of aromatic nitrogens is 2. The van der Waals surface area contributed by atoms with E-state index in [2.05, 4.69) is 15.3 Å². The van der Waals surface area contributed by atoms with Crippen molar-refractivity contribution < 1.29 is 26.4 Å². The number of amides is 1. The van der Waals surface area contributed by atoms with Crippen LogP contribution in [0.3, 0.4) is 0 Å². The van der Waals surface area contributed by atoms with Crippen molar-refractivity contribution in [3.63, 3.8) is 0 Å². The summed E-state index contributed by atoms with van der Waals surface area (Å²) >= 11 is 6.08. The standard InChI is InChI=1S/C24H28ClF3N6O3S/c1-31(23(35)16-9-11-32(14-16)38(2,36)37)22(24(26,27)28)15-5-7-17(8-6-15)33-10-3-4-18-19(33)13-29-21-12-20(25)30-34(18)21/h5-8,12,16,22,29H,3-4,9-11,13-14H2,1-2H3/t16-,22+/m1/s1. The molecule has 2 atom stereocenters. The van der Waals surface area contributed by atoms with Gasteiger partial charge in [0, 0.05) is 38.4 Å². The average molecular weight is 573 g/mol. The number of nitrogens with one attached hydrogen (secondary N) is 1. The molecule has 0 unspecified atom stereocenters. The van der Waals surface area contributed by atoms with E-state index in [1.165, 1.54) is 12.1 Å². The fourth-order valence-corrected chi connectivity index (χ4v) is 6.59. The maximum atomic E-state index is 14.2. The summed E-state index contributed by atoms with van der Waals surface area (Å²) in [4.78, 5) is 15.8. The minimum absolute atomic E-state index is 0.0656. The van der Waals surface area contributed by atoms with Crippen LogP contribution in [0.1, 0.15) is 30.9 Å². The number of benzene rings is 1. The van der Waals surface area contributed by atoms with Gasteiger partial charge in [-0.1, -0.05) is 23.7 Å². The summed E-state index contributed by atoms with van der Waals surface area (Å²) in [6.45, 7) is 1.23. The second kappa shape index (κ2) is 9.76. The fourth-order valence-electron chi connectivity index (χ4n) is 5.52. The Balaban J connectivity index is 1.39. The van der Waals surface area contributed by atoms with Crippen LogP contribution in [-0.2, 0) is 14.8 Å². The van der Waals surface area contributed by atoms with Gasteiger partial charge in [0.1, 0.15) is 5.82 Å². The maximum Gasteiger partial charge on any atom is 0.413 e. The Labute approximate surface area is 223 Å². The van der Waals surface area contributed by atoms with Crippen LogP contribution >= 0.6 is 11.6 Å². The Morgan fingerprint density at radius 1 is 1.21 bits per heavy atom. The normalized spacial score (nSPS) is 21.1. The monoisotopic (exact) mass is 572 g/mol. The van der Waals surface area contributed by atoms with Crippen LogP contribution in [0.4, 0.5) is 24.7 Å². The number of carbonyl (C=O) groups excluding carboxylic acids is 1. The molecule has 1 N–H and O–H groups in total. The summed E-state index contributed by atoms with van der Waals surface area (Å²) in [6, 6.07) is 5.66. The highest BCUT2D eigenvalue weighted by atomic mass is 35.5. The van der Waals surface area contributed by atoms with Crippen molar-refractivity contribution >= 4 is 44.7 Å². The zero-order valence-corrected chi connectivity index (χ0v) is 22.4. The lowest BCUT2D eigenvalue weighted by molar-refractivity contribution is -0.190. The fraction of sp³-hybridized carbons (Fsp3) is 0.500. The minimum atomic E-state index is -4.72. The molecule has 206 valence electrons. The molecule has 3 aliphatic rings. The van der Waals surface area contributed by atoms with Crippen molar-refractivity contribution in [2.24, 2.45) is 5.92 Å². The highest BCUT2D eigenvalue weighted by Crippen LogP contribution is 2.40. The van der Waals surface area contributed by atoms with E-state index in [-0.39, 0.29) is 25.1 Å². The zero-order chi connectivity index (χ0) is 27.4. The molecular weight excluding hydrogens is 545 g/mol. The largest absolute Gasteiger partial charge is 0.413 e. The summed E-state index contributed by atoms with van der Waals surface area (Å²) < 4.78 is 69.2. The summed E-state index contributed by atoms with van der Waals surface area (Å²) in [5.41, 5.74) is 2.65. The third-order valence-corrected chi connectivity index (χ3v) is 8.82. The number of hydrogen-bond acceptors (Lipinski definition) is 6. The topological polar surface area (TPSA) is 90.8 Å². The van der Waals surface area contributed by atoms with Crippen LogP contribution in [0.15, 0.2) is 36.0 Å². The van der Waals surface area contributed by atoms with Gasteiger partial charge >= 0.3 is 6.18 Å². The second-order valence-electron chi connectivity index (χ2n) is 9.86. The molecule has 9 nitrogen and oxygen atoms in total. The van der Waals surface area contributed by atoms with Crippen molar-refractivity contribution in [3.8, 4) is 0 Å². The number of hydrogen-bond donors (Lipinski definition) is 1. The Morgan fingerprint density at radius 3 is 2.55 bits per heavy atom. The zero-order valence-electron chi connectivity index (χ0n) is 20.9. The first kappa shape index (κ1) is 26.8. The number of carbonyl (C=O) groups is 1. The molecule has 0 aliphatic carbocycles. The van der Waals surface area contributed by atoms with Crippen molar-refractivity contribution in [3.05, 3.63) is 46.7 Å². The molecule has 0 saturated carbocycles. The molecule has 0 bridgehead atoms. The Kier molecular flexibility index (Phi) is 6.89. The molecule has 14 heteroatoms. The number of halogens is 4. The van der Waals surface area contributed by atoms with Crippen LogP contribution in [0.25, 0.3) is 5.70 Å². The van der Waals surface area contributed by atoms with E-state index in [9.17, 15) is 26.4 Å². The lowest BCUT2D eigenvalue weighted by Crippen LogP contribution is -2.43. The van der Waals surface area contributed by atoms with Crippen LogP contribution in [0.5, 0.6) is 0 Å². The van der Waals surface area contributed by atoms with Gasteiger partial charge in [-0.3, -0.25) is 4.79 Å². The van der Waals surface area contributed by atoms with Gasteiger partial charge in [0.2, 0.25) is 15.9 Å². The number of rotatable bonds is 5. The average Bonchev–Trinajstić information content (AvgIpc) is 3.49. The molecule has 0 radical (unpaired) electrons. The van der Waals surface area contributed by atoms with Gasteiger partial charge in [-0.05, 0) is 37.0 Å². The number of anilines is 2. The summed E-state index contributed by atoms with van der Waals surface area (Å²) in [7, 11) is -2.39. The van der Waals surface area contributed by atoms with Gasteiger partial charge in [0.25, 0.3) is 0 Å². The van der Waals surface area contributed by atoms with Gasteiger partial charge in [0.15, 0.2) is 11.2 Å². The summed E-state index contributed by atoms with van der Waals surface area (Å²) in [6.07, 6.45) is -1.87.